The van der Waals surface area contributed by atoms with Gasteiger partial charge in [0.05, 0.1) is 0 Å². The lowest BCUT2D eigenvalue weighted by Crippen LogP contribution is -2.29. The molecule has 0 saturated carbocycles. The molecule has 0 heterocycles. The Morgan fingerprint density at radius 2 is 2.30 bits per heavy atom. The molecule has 0 radical (unpaired) electrons. The fraction of sp³-hybridized carbons (Fsp3) is 0.600. The van der Waals surface area contributed by atoms with E-state index in [0.29, 0.717) is 6.54 Å². The summed E-state index contributed by atoms with van der Waals surface area (Å²) in [6.07, 6.45) is 1.82. The Kier molecular flexibility index (Phi) is 7.29. The van der Waals surface area contributed by atoms with E-state index in [9.17, 15) is 4.79 Å². The van der Waals surface area contributed by atoms with Crippen LogP contribution in [0, 0.1) is 11.5 Å². The summed E-state index contributed by atoms with van der Waals surface area (Å²) >= 11 is 0. The summed E-state index contributed by atoms with van der Waals surface area (Å²) in [5, 5.41) is 8.24. The van der Waals surface area contributed by atoms with Gasteiger partial charge in [0.15, 0.2) is 6.19 Å². The second-order valence-corrected chi connectivity index (χ2v) is 1.58. The molecule has 4 nitrogen and oxygen atoms in total. The van der Waals surface area contributed by atoms with Crippen molar-refractivity contribution in [2.75, 3.05) is 13.1 Å². The second-order valence-electron chi connectivity index (χ2n) is 1.58. The highest BCUT2D eigenvalue weighted by atomic mass is 35.5. The standard InChI is InChI=1S/C5H9N3O.ClH/c1-2-8(4-6)3-5(7)9;/h2-3H2,1H3,(H2,7,9);1H. The van der Waals surface area contributed by atoms with Gasteiger partial charge in [-0.2, -0.15) is 5.26 Å². The third-order valence-corrected chi connectivity index (χ3v) is 0.870. The average Bonchev–Trinajstić information content (AvgIpc) is 1.82. The van der Waals surface area contributed by atoms with Gasteiger partial charge in [-0.1, -0.05) is 0 Å². The molecule has 0 bridgehead atoms. The number of carbonyl (C=O) groups is 1. The number of nitrogens with zero attached hydrogens (tertiary/aromatic N) is 2. The molecule has 0 aromatic carbocycles. The SMILES string of the molecule is CCN(C#N)CC(N)=O.Cl. The molecule has 0 rings (SSSR count). The van der Waals surface area contributed by atoms with Crippen molar-refractivity contribution in [1.29, 1.82) is 5.26 Å². The molecule has 5 heteroatoms. The van der Waals surface area contributed by atoms with Crippen molar-refractivity contribution in [3.8, 4) is 6.19 Å². The molecule has 0 aromatic rings. The van der Waals surface area contributed by atoms with Crippen LogP contribution in [-0.2, 0) is 4.79 Å². The first-order valence-corrected chi connectivity index (χ1v) is 2.63. The quantitative estimate of drug-likeness (QED) is 0.459. The number of carbonyl (C=O) groups excluding carboxylic acids is 1. The predicted octanol–water partition coefficient (Wildman–Crippen LogP) is -0.304. The van der Waals surface area contributed by atoms with Crippen LogP contribution in [0.5, 0.6) is 0 Å². The van der Waals surface area contributed by atoms with Crippen molar-refractivity contribution in [2.45, 2.75) is 6.92 Å². The molecular formula is C5H10ClN3O. The number of nitriles is 1. The summed E-state index contributed by atoms with van der Waals surface area (Å²) in [6, 6.07) is 0. The second kappa shape index (κ2) is 6.17. The zero-order valence-corrected chi connectivity index (χ0v) is 6.52. The van der Waals surface area contributed by atoms with Gasteiger partial charge in [0.25, 0.3) is 0 Å². The van der Waals surface area contributed by atoms with Crippen LogP contribution in [0.3, 0.4) is 0 Å². The maximum atomic E-state index is 10.2. The van der Waals surface area contributed by atoms with Gasteiger partial charge in [-0.25, -0.2) is 0 Å². The summed E-state index contributed by atoms with van der Waals surface area (Å²) in [7, 11) is 0. The molecule has 0 fully saturated rings. The number of hydrogen-bond acceptors (Lipinski definition) is 3. The maximum Gasteiger partial charge on any atom is 0.237 e. The van der Waals surface area contributed by atoms with Gasteiger partial charge in [0.1, 0.15) is 6.54 Å². The van der Waals surface area contributed by atoms with Crippen molar-refractivity contribution in [3.63, 3.8) is 0 Å². The minimum absolute atomic E-state index is 0. The number of likely N-dealkylation sites (N-methyl/N-ethyl adjacent to an activating group) is 1. The molecule has 0 aliphatic carbocycles. The van der Waals surface area contributed by atoms with Crippen molar-refractivity contribution in [2.24, 2.45) is 5.73 Å². The van der Waals surface area contributed by atoms with Gasteiger partial charge in [-0.05, 0) is 6.92 Å². The number of rotatable bonds is 3. The van der Waals surface area contributed by atoms with Crippen molar-refractivity contribution < 1.29 is 4.79 Å². The zero-order valence-electron chi connectivity index (χ0n) is 5.70. The first kappa shape index (κ1) is 11.8. The minimum atomic E-state index is -0.474. The van der Waals surface area contributed by atoms with Crippen LogP contribution in [0.25, 0.3) is 0 Å². The summed E-state index contributed by atoms with van der Waals surface area (Å²) < 4.78 is 0. The lowest BCUT2D eigenvalue weighted by atomic mass is 10.5. The van der Waals surface area contributed by atoms with Gasteiger partial charge in [0.2, 0.25) is 5.91 Å². The molecule has 1 amide bonds. The third-order valence-electron chi connectivity index (χ3n) is 0.870. The fourth-order valence-corrected chi connectivity index (χ4v) is 0.406. The minimum Gasteiger partial charge on any atom is -0.368 e. The van der Waals surface area contributed by atoms with Crippen LogP contribution in [0.2, 0.25) is 0 Å². The highest BCUT2D eigenvalue weighted by Crippen LogP contribution is 1.80. The molecule has 10 heavy (non-hydrogen) atoms. The van der Waals surface area contributed by atoms with Crippen molar-refractivity contribution in [1.82, 2.24) is 4.90 Å². The largest absolute Gasteiger partial charge is 0.368 e. The summed E-state index contributed by atoms with van der Waals surface area (Å²) in [6.45, 7) is 2.33. The fourth-order valence-electron chi connectivity index (χ4n) is 0.406. The lowest BCUT2D eigenvalue weighted by molar-refractivity contribution is -0.118. The normalized spacial score (nSPS) is 7.20. The summed E-state index contributed by atoms with van der Waals surface area (Å²) in [4.78, 5) is 11.4. The first-order valence-electron chi connectivity index (χ1n) is 2.63. The van der Waals surface area contributed by atoms with E-state index in [-0.39, 0.29) is 19.0 Å². The maximum absolute atomic E-state index is 10.2. The highest BCUT2D eigenvalue weighted by molar-refractivity contribution is 5.85. The Bertz CT molecular complexity index is 142. The number of amides is 1. The molecule has 0 atom stereocenters. The van der Waals surface area contributed by atoms with E-state index in [4.69, 9.17) is 11.0 Å². The lowest BCUT2D eigenvalue weighted by Gasteiger charge is -2.07. The van der Waals surface area contributed by atoms with Gasteiger partial charge < -0.3 is 10.6 Å². The monoisotopic (exact) mass is 163 g/mol. The van der Waals surface area contributed by atoms with Crippen molar-refractivity contribution in [3.05, 3.63) is 0 Å². The molecule has 0 saturated heterocycles. The highest BCUT2D eigenvalue weighted by Gasteiger charge is 2.00. The van der Waals surface area contributed by atoms with Gasteiger partial charge in [0, 0.05) is 6.54 Å². The van der Waals surface area contributed by atoms with E-state index in [0.717, 1.165) is 0 Å². The third kappa shape index (κ3) is 5.19. The summed E-state index contributed by atoms with van der Waals surface area (Å²) in [5.41, 5.74) is 4.81. The van der Waals surface area contributed by atoms with Crippen LogP contribution < -0.4 is 5.73 Å². The molecule has 0 aliphatic heterocycles. The number of nitrogens with two attached hydrogens (primary N) is 1. The molecule has 0 aromatic heterocycles. The van der Waals surface area contributed by atoms with Crippen LogP contribution in [0.1, 0.15) is 6.92 Å². The van der Waals surface area contributed by atoms with Crippen LogP contribution in [0.4, 0.5) is 0 Å². The van der Waals surface area contributed by atoms with Crippen LogP contribution >= 0.6 is 12.4 Å². The Morgan fingerprint density at radius 3 is 2.40 bits per heavy atom. The van der Waals surface area contributed by atoms with E-state index in [1.807, 2.05) is 6.19 Å². The van der Waals surface area contributed by atoms with E-state index in [2.05, 4.69) is 0 Å². The molecule has 58 valence electrons. The average molecular weight is 164 g/mol. The van der Waals surface area contributed by atoms with Crippen molar-refractivity contribution >= 4 is 18.3 Å². The Balaban J connectivity index is 0. The van der Waals surface area contributed by atoms with E-state index in [1.54, 1.807) is 6.92 Å². The van der Waals surface area contributed by atoms with Gasteiger partial charge >= 0.3 is 0 Å². The smallest absolute Gasteiger partial charge is 0.237 e. The molecule has 2 N–H and O–H groups in total. The molecule has 0 spiro atoms. The summed E-state index contributed by atoms with van der Waals surface area (Å²) in [5.74, 6) is -0.474. The zero-order chi connectivity index (χ0) is 7.28. The number of primary amides is 1. The van der Waals surface area contributed by atoms with Crippen LogP contribution in [-0.4, -0.2) is 23.9 Å². The number of hydrogen-bond donors (Lipinski definition) is 1. The van der Waals surface area contributed by atoms with Crippen LogP contribution in [0.15, 0.2) is 0 Å². The molecule has 0 aliphatic rings. The number of halogens is 1. The Hall–Kier alpha value is -0.950. The predicted molar refractivity (Wildman–Crippen MR) is 39.3 cm³/mol. The topological polar surface area (TPSA) is 70.1 Å². The molecular weight excluding hydrogens is 154 g/mol. The van der Waals surface area contributed by atoms with E-state index >= 15 is 0 Å². The first-order chi connectivity index (χ1) is 4.20. The Morgan fingerprint density at radius 1 is 1.80 bits per heavy atom. The van der Waals surface area contributed by atoms with E-state index < -0.39 is 5.91 Å². The molecule has 0 unspecified atom stereocenters. The Labute approximate surface area is 66.0 Å². The van der Waals surface area contributed by atoms with E-state index in [1.165, 1.54) is 4.90 Å². The van der Waals surface area contributed by atoms with Gasteiger partial charge in [-0.3, -0.25) is 4.79 Å². The van der Waals surface area contributed by atoms with Gasteiger partial charge in [-0.15, -0.1) is 12.4 Å².